The first-order valence-corrected chi connectivity index (χ1v) is 22.5. The molecule has 0 saturated carbocycles. The van der Waals surface area contributed by atoms with Gasteiger partial charge in [-0.3, -0.25) is 0 Å². The van der Waals surface area contributed by atoms with Crippen molar-refractivity contribution in [2.75, 3.05) is 26.4 Å². The second kappa shape index (κ2) is 30.7. The van der Waals surface area contributed by atoms with Crippen molar-refractivity contribution in [1.82, 2.24) is 0 Å². The van der Waals surface area contributed by atoms with Crippen molar-refractivity contribution in [1.29, 1.82) is 0 Å². The van der Waals surface area contributed by atoms with Crippen LogP contribution < -0.4 is 28.4 Å². The van der Waals surface area contributed by atoms with Crippen molar-refractivity contribution < 1.29 is 66.7 Å². The Morgan fingerprint density at radius 3 is 0.900 bits per heavy atom. The quantitative estimate of drug-likeness (QED) is 0.0210. The number of hydrogen-bond acceptors (Lipinski definition) is 14. The smallest absolute Gasteiger partial charge is 0.343 e. The van der Waals surface area contributed by atoms with Gasteiger partial charge in [0.05, 0.1) is 37.6 Å². The monoisotopic (exact) mass is 952 g/mol. The molecule has 0 aliphatic rings. The molecule has 14 heteroatoms. The molecule has 0 atom stereocenters. The molecule has 0 amide bonds. The summed E-state index contributed by atoms with van der Waals surface area (Å²) in [6.45, 7) is 15.2. The molecule has 0 fully saturated rings. The van der Waals surface area contributed by atoms with E-state index in [-0.39, 0.29) is 0 Å². The highest BCUT2D eigenvalue weighted by Crippen LogP contribution is 2.26. The van der Waals surface area contributed by atoms with Gasteiger partial charge in [0, 0.05) is 24.3 Å². The maximum absolute atomic E-state index is 12.6. The topological polar surface area (TPSA) is 176 Å². The zero-order valence-electron chi connectivity index (χ0n) is 38.9. The fourth-order valence-corrected chi connectivity index (χ4v) is 5.99. The first kappa shape index (κ1) is 54.1. The van der Waals surface area contributed by atoms with Gasteiger partial charge in [-0.1, -0.05) is 50.6 Å². The zero-order chi connectivity index (χ0) is 50.4. The molecule has 0 saturated heterocycles. The summed E-state index contributed by atoms with van der Waals surface area (Å²) >= 11 is 0. The molecule has 14 nitrogen and oxygen atoms in total. The van der Waals surface area contributed by atoms with Crippen molar-refractivity contribution in [3.05, 3.63) is 183 Å². The van der Waals surface area contributed by atoms with E-state index in [1.165, 1.54) is 0 Å². The van der Waals surface area contributed by atoms with Crippen LogP contribution in [0.15, 0.2) is 172 Å². The van der Waals surface area contributed by atoms with E-state index < -0.39 is 35.8 Å². The lowest BCUT2D eigenvalue weighted by molar-refractivity contribution is -0.138. The fraction of sp³-hybridized carbons (Fsp3) is 0.214. The summed E-state index contributed by atoms with van der Waals surface area (Å²) in [6.07, 6.45) is 11.6. The summed E-state index contributed by atoms with van der Waals surface area (Å²) in [5.74, 6) is -0.0727. The predicted molar refractivity (Wildman–Crippen MR) is 263 cm³/mol. The average molecular weight is 953 g/mol. The number of esters is 6. The third kappa shape index (κ3) is 20.6. The van der Waals surface area contributed by atoms with Gasteiger partial charge in [0.2, 0.25) is 0 Å². The van der Waals surface area contributed by atoms with Crippen LogP contribution in [0.4, 0.5) is 0 Å². The highest BCUT2D eigenvalue weighted by Gasteiger charge is 2.12. The van der Waals surface area contributed by atoms with Crippen LogP contribution in [-0.2, 0) is 28.7 Å². The van der Waals surface area contributed by atoms with Crippen molar-refractivity contribution in [3.8, 4) is 45.6 Å². The summed E-state index contributed by atoms with van der Waals surface area (Å²) in [4.78, 5) is 69.4. The van der Waals surface area contributed by atoms with Crippen LogP contribution in [0.5, 0.6) is 34.5 Å². The Balaban J connectivity index is 0.000000402. The van der Waals surface area contributed by atoms with Gasteiger partial charge in [-0.25, -0.2) is 28.8 Å². The number of unbranched alkanes of at least 4 members (excludes halogenated alkanes) is 6. The van der Waals surface area contributed by atoms with Crippen LogP contribution in [0.1, 0.15) is 72.1 Å². The second-order valence-electron chi connectivity index (χ2n) is 14.9. The Morgan fingerprint density at radius 1 is 0.314 bits per heavy atom. The Bertz CT molecular complexity index is 2310. The van der Waals surface area contributed by atoms with E-state index in [1.54, 1.807) is 97.1 Å². The lowest BCUT2D eigenvalue weighted by Crippen LogP contribution is -2.10. The van der Waals surface area contributed by atoms with Gasteiger partial charge in [0.1, 0.15) is 34.5 Å². The van der Waals surface area contributed by atoms with Gasteiger partial charge in [0.25, 0.3) is 0 Å². The molecule has 0 aliphatic heterocycles. The SMILES string of the molecule is C=CC(=O)OCCCCCCOc1ccc(C(=O)Oc2ccc(OC(=O)c3ccc(OCCCCCCOC(=O)C=C)cc3)cc2)cc1.C=CC(=O)Oc1ccc(-c2ccc(OC(=O)C=C)cc2)cc1. The van der Waals surface area contributed by atoms with Crippen molar-refractivity contribution in [2.45, 2.75) is 51.4 Å². The van der Waals surface area contributed by atoms with Crippen LogP contribution in [0.25, 0.3) is 11.1 Å². The largest absolute Gasteiger partial charge is 0.494 e. The third-order valence-corrected chi connectivity index (χ3v) is 9.67. The van der Waals surface area contributed by atoms with Gasteiger partial charge in [0.15, 0.2) is 0 Å². The lowest BCUT2D eigenvalue weighted by atomic mass is 10.1. The Morgan fingerprint density at radius 2 is 0.586 bits per heavy atom. The molecular weight excluding hydrogens is 897 g/mol. The molecule has 0 aromatic heterocycles. The van der Waals surface area contributed by atoms with Gasteiger partial charge in [-0.05, 0) is 160 Å². The van der Waals surface area contributed by atoms with Crippen molar-refractivity contribution in [2.24, 2.45) is 0 Å². The molecule has 0 heterocycles. The number of rotatable bonds is 27. The number of carbonyl (C=O) groups excluding carboxylic acids is 6. The van der Waals surface area contributed by atoms with E-state index in [9.17, 15) is 28.8 Å². The molecule has 0 unspecified atom stereocenters. The van der Waals surface area contributed by atoms with Crippen LogP contribution in [0.3, 0.4) is 0 Å². The summed E-state index contributed by atoms with van der Waals surface area (Å²) in [7, 11) is 0. The van der Waals surface area contributed by atoms with E-state index in [4.69, 9.17) is 37.9 Å². The maximum Gasteiger partial charge on any atom is 0.343 e. The lowest BCUT2D eigenvalue weighted by Gasteiger charge is -2.09. The van der Waals surface area contributed by atoms with E-state index in [2.05, 4.69) is 26.3 Å². The molecular formula is C56H56O14. The first-order chi connectivity index (χ1) is 34.0. The summed E-state index contributed by atoms with van der Waals surface area (Å²) in [6, 6.07) is 33.7. The number of ether oxygens (including phenoxy) is 8. The van der Waals surface area contributed by atoms with Crippen molar-refractivity contribution >= 4 is 35.8 Å². The number of benzene rings is 5. The molecule has 0 spiro atoms. The second-order valence-corrected chi connectivity index (χ2v) is 14.9. The zero-order valence-corrected chi connectivity index (χ0v) is 38.9. The van der Waals surface area contributed by atoms with Gasteiger partial charge < -0.3 is 37.9 Å². The highest BCUT2D eigenvalue weighted by atomic mass is 16.6. The molecule has 70 heavy (non-hydrogen) atoms. The Hall–Kier alpha value is -8.52. The minimum Gasteiger partial charge on any atom is -0.494 e. The molecule has 364 valence electrons. The highest BCUT2D eigenvalue weighted by molar-refractivity contribution is 5.92. The normalized spacial score (nSPS) is 10.1. The van der Waals surface area contributed by atoms with Crippen LogP contribution in [-0.4, -0.2) is 62.2 Å². The molecule has 0 N–H and O–H groups in total. The molecule has 0 aliphatic carbocycles. The van der Waals surface area contributed by atoms with Crippen LogP contribution >= 0.6 is 0 Å². The summed E-state index contributed by atoms with van der Waals surface area (Å²) in [5, 5.41) is 0. The minimum atomic E-state index is -0.530. The molecule has 5 aromatic rings. The van der Waals surface area contributed by atoms with E-state index in [0.29, 0.717) is 72.1 Å². The van der Waals surface area contributed by atoms with E-state index in [1.807, 2.05) is 24.3 Å². The maximum atomic E-state index is 12.6. The van der Waals surface area contributed by atoms with Crippen molar-refractivity contribution in [3.63, 3.8) is 0 Å². The first-order valence-electron chi connectivity index (χ1n) is 22.5. The average Bonchev–Trinajstić information content (AvgIpc) is 3.39. The van der Waals surface area contributed by atoms with Crippen LogP contribution in [0.2, 0.25) is 0 Å². The standard InChI is InChI=1S/C38H42O10.C18H14O4/c1-3-35(39)45-27-11-7-5-9-25-43-31-17-13-29(14-18-31)37(41)47-33-21-23-34(24-22-33)48-38(42)30-15-19-32(20-16-30)44-26-10-6-8-12-28-46-36(40)4-2;1-3-17(19)21-15-9-5-13(6-10-15)14-7-11-16(12-8-14)22-18(20)4-2/h3-4,13-24H,1-2,5-12,25-28H2;3-12H,1-2H2. The van der Waals surface area contributed by atoms with E-state index in [0.717, 1.165) is 86.8 Å². The minimum absolute atomic E-state index is 0.303. The van der Waals surface area contributed by atoms with Gasteiger partial charge in [-0.2, -0.15) is 0 Å². The molecule has 5 aromatic carbocycles. The predicted octanol–water partition coefficient (Wildman–Crippen LogP) is 11.0. The number of carbonyl (C=O) groups is 6. The van der Waals surface area contributed by atoms with Gasteiger partial charge in [-0.15, -0.1) is 0 Å². The Labute approximate surface area is 407 Å². The van der Waals surface area contributed by atoms with Crippen LogP contribution in [0, 0.1) is 0 Å². The number of hydrogen-bond donors (Lipinski definition) is 0. The van der Waals surface area contributed by atoms with E-state index >= 15 is 0 Å². The summed E-state index contributed by atoms with van der Waals surface area (Å²) < 4.78 is 42.3. The molecule has 5 rings (SSSR count). The Kier molecular flexibility index (Phi) is 23.7. The molecule has 0 bridgehead atoms. The molecule has 0 radical (unpaired) electrons. The summed E-state index contributed by atoms with van der Waals surface area (Å²) in [5.41, 5.74) is 2.62. The fourth-order valence-electron chi connectivity index (χ4n) is 5.99. The third-order valence-electron chi connectivity index (χ3n) is 9.67. The van der Waals surface area contributed by atoms with Gasteiger partial charge >= 0.3 is 35.8 Å².